The number of carbonyl (C=O) groups excluding carboxylic acids is 1. The van der Waals surface area contributed by atoms with Gasteiger partial charge in [-0.05, 0) is 48.7 Å². The molecule has 0 saturated heterocycles. The average Bonchev–Trinajstić information content (AvgIpc) is 3.14. The summed E-state index contributed by atoms with van der Waals surface area (Å²) in [7, 11) is 0. The number of rotatable bonds is 5. The Labute approximate surface area is 179 Å². The number of aryl methyl sites for hydroxylation is 1. The number of hydrogen-bond acceptors (Lipinski definition) is 6. The van der Waals surface area contributed by atoms with Crippen molar-refractivity contribution in [1.29, 1.82) is 0 Å². The quantitative estimate of drug-likeness (QED) is 0.391. The molecule has 0 aliphatic rings. The molecule has 4 rings (SSSR count). The van der Waals surface area contributed by atoms with E-state index in [9.17, 15) is 9.90 Å². The maximum absolute atomic E-state index is 12.3. The number of benzene rings is 1. The highest BCUT2D eigenvalue weighted by Crippen LogP contribution is 2.36. The number of aliphatic hydroxyl groups is 1. The number of pyridine rings is 1. The molecular formula is C22H23N7O2. The van der Waals surface area contributed by atoms with Crippen LogP contribution in [0.25, 0.3) is 16.6 Å². The van der Waals surface area contributed by atoms with Crippen molar-refractivity contribution in [2.24, 2.45) is 0 Å². The van der Waals surface area contributed by atoms with Gasteiger partial charge in [-0.15, -0.1) is 0 Å². The molecule has 0 aliphatic carbocycles. The Morgan fingerprint density at radius 3 is 2.68 bits per heavy atom. The van der Waals surface area contributed by atoms with Crippen LogP contribution in [-0.4, -0.2) is 30.7 Å². The average molecular weight is 417 g/mol. The molecule has 31 heavy (non-hydrogen) atoms. The number of anilines is 3. The van der Waals surface area contributed by atoms with Crippen molar-refractivity contribution in [3.63, 3.8) is 0 Å². The predicted octanol–water partition coefficient (Wildman–Crippen LogP) is 3.77. The summed E-state index contributed by atoms with van der Waals surface area (Å²) in [6.45, 7) is 3.83. The summed E-state index contributed by atoms with van der Waals surface area (Å²) in [5.41, 5.74) is 10.7. The molecular weight excluding hydrogens is 394 g/mol. The highest BCUT2D eigenvalue weighted by atomic mass is 16.3. The number of aromatic nitrogens is 4. The Morgan fingerprint density at radius 1 is 1.19 bits per heavy atom. The zero-order chi connectivity index (χ0) is 22.0. The molecule has 0 bridgehead atoms. The highest BCUT2D eigenvalue weighted by molar-refractivity contribution is 5.99. The Balaban J connectivity index is 1.61. The lowest BCUT2D eigenvalue weighted by molar-refractivity contribution is 0.174. The summed E-state index contributed by atoms with van der Waals surface area (Å²) in [6, 6.07) is 10.5. The van der Waals surface area contributed by atoms with Gasteiger partial charge in [0.1, 0.15) is 17.7 Å². The molecule has 0 aliphatic heterocycles. The summed E-state index contributed by atoms with van der Waals surface area (Å²) in [5.74, 6) is 0.801. The largest absolute Gasteiger partial charge is 0.388 e. The van der Waals surface area contributed by atoms with Crippen LogP contribution >= 0.6 is 0 Å². The molecule has 5 N–H and O–H groups in total. The molecule has 2 amide bonds. The summed E-state index contributed by atoms with van der Waals surface area (Å²) >= 11 is 0. The van der Waals surface area contributed by atoms with Crippen molar-refractivity contribution in [2.45, 2.75) is 26.4 Å². The van der Waals surface area contributed by atoms with Gasteiger partial charge in [-0.3, -0.25) is 5.32 Å². The van der Waals surface area contributed by atoms with Crippen molar-refractivity contribution in [3.05, 3.63) is 66.2 Å². The first-order chi connectivity index (χ1) is 15.0. The normalized spacial score (nSPS) is 12.0. The van der Waals surface area contributed by atoms with Gasteiger partial charge in [0, 0.05) is 29.2 Å². The van der Waals surface area contributed by atoms with E-state index in [1.54, 1.807) is 35.1 Å². The van der Waals surface area contributed by atoms with Crippen LogP contribution in [0.4, 0.5) is 22.1 Å². The van der Waals surface area contributed by atoms with Gasteiger partial charge in [0.05, 0.1) is 6.10 Å². The van der Waals surface area contributed by atoms with E-state index in [0.717, 1.165) is 22.3 Å². The van der Waals surface area contributed by atoms with Gasteiger partial charge >= 0.3 is 6.03 Å². The molecule has 3 aromatic heterocycles. The van der Waals surface area contributed by atoms with Crippen LogP contribution in [-0.2, 0) is 0 Å². The monoisotopic (exact) mass is 417 g/mol. The predicted molar refractivity (Wildman–Crippen MR) is 120 cm³/mol. The van der Waals surface area contributed by atoms with E-state index in [-0.39, 0.29) is 6.03 Å². The fraction of sp³-hybridized carbons (Fsp3) is 0.182. The third-order valence-electron chi connectivity index (χ3n) is 4.97. The first-order valence-electron chi connectivity index (χ1n) is 9.87. The Bertz CT molecular complexity index is 1230. The number of hydrogen-bond donors (Lipinski definition) is 4. The third-order valence-corrected chi connectivity index (χ3v) is 4.97. The van der Waals surface area contributed by atoms with Gasteiger partial charge in [0.25, 0.3) is 0 Å². The minimum atomic E-state index is -0.665. The summed E-state index contributed by atoms with van der Waals surface area (Å²) in [5, 5.41) is 20.2. The van der Waals surface area contributed by atoms with Crippen LogP contribution in [0, 0.1) is 6.92 Å². The molecule has 9 nitrogen and oxygen atoms in total. The molecule has 0 radical (unpaired) electrons. The zero-order valence-corrected chi connectivity index (χ0v) is 17.2. The van der Waals surface area contributed by atoms with Crippen LogP contribution in [0.5, 0.6) is 0 Å². The van der Waals surface area contributed by atoms with Gasteiger partial charge in [0.15, 0.2) is 5.82 Å². The van der Waals surface area contributed by atoms with Crippen LogP contribution in [0.3, 0.4) is 0 Å². The van der Waals surface area contributed by atoms with E-state index in [4.69, 9.17) is 5.73 Å². The summed E-state index contributed by atoms with van der Waals surface area (Å²) in [6.07, 6.45) is 4.67. The molecule has 3 heterocycles. The van der Waals surface area contributed by atoms with Crippen molar-refractivity contribution < 1.29 is 9.90 Å². The number of urea groups is 1. The zero-order valence-electron chi connectivity index (χ0n) is 17.2. The van der Waals surface area contributed by atoms with Crippen molar-refractivity contribution in [1.82, 2.24) is 19.6 Å². The number of aliphatic hydroxyl groups excluding tert-OH is 1. The maximum atomic E-state index is 12.3. The van der Waals surface area contributed by atoms with E-state index < -0.39 is 6.10 Å². The molecule has 158 valence electrons. The standard InChI is InChI=1S/C22H23N7O2/c1-3-17(30)16-11-29-20(21(23)25-12-26-29)19(16)14-4-6-15(7-5-14)27-22(31)28-18-10-13(2)8-9-24-18/h4-12,17,30H,3H2,1-2H3,(H2,23,25,26)(H2,24,27,28,31). The molecule has 1 atom stereocenters. The molecule has 9 heteroatoms. The molecule has 0 saturated carbocycles. The highest BCUT2D eigenvalue weighted by Gasteiger charge is 2.20. The SMILES string of the molecule is CCC(O)c1cn2ncnc(N)c2c1-c1ccc(NC(=O)Nc2cc(C)ccn2)cc1. The minimum Gasteiger partial charge on any atom is -0.388 e. The molecule has 4 aromatic rings. The summed E-state index contributed by atoms with van der Waals surface area (Å²) in [4.78, 5) is 20.5. The van der Waals surface area contributed by atoms with E-state index in [1.165, 1.54) is 6.33 Å². The molecule has 1 unspecified atom stereocenters. The lowest BCUT2D eigenvalue weighted by atomic mass is 9.98. The lowest BCUT2D eigenvalue weighted by Crippen LogP contribution is -2.20. The first kappa shape index (κ1) is 20.3. The number of fused-ring (bicyclic) bond motifs is 1. The van der Waals surface area contributed by atoms with Gasteiger partial charge < -0.3 is 16.2 Å². The number of nitrogens with zero attached hydrogens (tertiary/aromatic N) is 4. The number of carbonyl (C=O) groups is 1. The molecule has 0 fully saturated rings. The number of nitrogens with one attached hydrogen (secondary N) is 2. The van der Waals surface area contributed by atoms with E-state index in [1.807, 2.05) is 32.0 Å². The van der Waals surface area contributed by atoms with Gasteiger partial charge in [0.2, 0.25) is 0 Å². The van der Waals surface area contributed by atoms with Gasteiger partial charge in [-0.1, -0.05) is 19.1 Å². The van der Waals surface area contributed by atoms with Crippen LogP contribution in [0.15, 0.2) is 55.1 Å². The lowest BCUT2D eigenvalue weighted by Gasteiger charge is -2.11. The summed E-state index contributed by atoms with van der Waals surface area (Å²) < 4.78 is 1.63. The Hall–Kier alpha value is -3.98. The van der Waals surface area contributed by atoms with E-state index in [0.29, 0.717) is 29.3 Å². The molecule has 1 aromatic carbocycles. The Morgan fingerprint density at radius 2 is 1.97 bits per heavy atom. The maximum Gasteiger partial charge on any atom is 0.324 e. The number of nitrogens with two attached hydrogens (primary N) is 1. The second-order valence-electron chi connectivity index (χ2n) is 7.20. The Kier molecular flexibility index (Phi) is 5.50. The number of amides is 2. The first-order valence-corrected chi connectivity index (χ1v) is 9.87. The van der Waals surface area contributed by atoms with E-state index in [2.05, 4.69) is 25.7 Å². The van der Waals surface area contributed by atoms with Crippen LogP contribution < -0.4 is 16.4 Å². The van der Waals surface area contributed by atoms with Crippen molar-refractivity contribution in [2.75, 3.05) is 16.4 Å². The van der Waals surface area contributed by atoms with Crippen LogP contribution in [0.1, 0.15) is 30.6 Å². The van der Waals surface area contributed by atoms with E-state index >= 15 is 0 Å². The van der Waals surface area contributed by atoms with Crippen LogP contribution in [0.2, 0.25) is 0 Å². The topological polar surface area (TPSA) is 130 Å². The molecule has 0 spiro atoms. The van der Waals surface area contributed by atoms with Gasteiger partial charge in [-0.2, -0.15) is 5.10 Å². The van der Waals surface area contributed by atoms with Crippen molar-refractivity contribution in [3.8, 4) is 11.1 Å². The minimum absolute atomic E-state index is 0.326. The fourth-order valence-electron chi connectivity index (χ4n) is 3.43. The fourth-order valence-corrected chi connectivity index (χ4v) is 3.43. The second kappa shape index (κ2) is 8.41. The number of nitrogen functional groups attached to an aromatic ring is 1. The van der Waals surface area contributed by atoms with Gasteiger partial charge in [-0.25, -0.2) is 19.3 Å². The van der Waals surface area contributed by atoms with Crippen molar-refractivity contribution >= 4 is 28.9 Å². The third kappa shape index (κ3) is 4.17. The smallest absolute Gasteiger partial charge is 0.324 e. The second-order valence-corrected chi connectivity index (χ2v) is 7.20.